The molecule has 2 aliphatic heterocycles. The number of nitrogens with zero attached hydrogens (tertiary/aromatic N) is 1. The molecule has 0 aliphatic carbocycles. The molecule has 2 saturated heterocycles. The van der Waals surface area contributed by atoms with Gasteiger partial charge < -0.3 is 10.2 Å². The number of carbonyl (C=O) groups is 3. The van der Waals surface area contributed by atoms with Crippen molar-refractivity contribution in [3.63, 3.8) is 0 Å². The van der Waals surface area contributed by atoms with E-state index < -0.39 is 11.6 Å². The van der Waals surface area contributed by atoms with Crippen LogP contribution in [0.3, 0.4) is 0 Å². The standard InChI is InChI=1S/C16H15Cl2N3O3/c17-11-3-1-10(12(18)9-11)2-4-13(22)21-7-5-16(6-8-21)14(23)19-15(24)20-16/h1-4,9H,5-8H2,(H2,19,20,23,24)/b4-2+. The van der Waals surface area contributed by atoms with Gasteiger partial charge in [-0.05, 0) is 36.6 Å². The predicted molar refractivity (Wildman–Crippen MR) is 90.7 cm³/mol. The molecule has 0 radical (unpaired) electrons. The van der Waals surface area contributed by atoms with Gasteiger partial charge in [0.05, 0.1) is 0 Å². The van der Waals surface area contributed by atoms with Gasteiger partial charge in [-0.25, -0.2) is 4.79 Å². The first-order valence-electron chi connectivity index (χ1n) is 7.45. The van der Waals surface area contributed by atoms with Gasteiger partial charge in [0.25, 0.3) is 5.91 Å². The predicted octanol–water partition coefficient (Wildman–Crippen LogP) is 2.21. The summed E-state index contributed by atoms with van der Waals surface area (Å²) < 4.78 is 0. The molecule has 2 heterocycles. The minimum atomic E-state index is -0.878. The van der Waals surface area contributed by atoms with E-state index in [0.717, 1.165) is 0 Å². The summed E-state index contributed by atoms with van der Waals surface area (Å²) in [5, 5.41) is 5.91. The van der Waals surface area contributed by atoms with Crippen molar-refractivity contribution in [3.05, 3.63) is 39.9 Å². The maximum absolute atomic E-state index is 12.3. The minimum Gasteiger partial charge on any atom is -0.339 e. The Kier molecular flexibility index (Phi) is 4.51. The van der Waals surface area contributed by atoms with E-state index in [2.05, 4.69) is 10.6 Å². The maximum Gasteiger partial charge on any atom is 0.322 e. The second-order valence-electron chi connectivity index (χ2n) is 5.81. The highest BCUT2D eigenvalue weighted by molar-refractivity contribution is 6.35. The summed E-state index contributed by atoms with van der Waals surface area (Å²) in [6.07, 6.45) is 3.87. The lowest BCUT2D eigenvalue weighted by molar-refractivity contribution is -0.132. The summed E-state index contributed by atoms with van der Waals surface area (Å²) in [5.74, 6) is -0.483. The Labute approximate surface area is 148 Å². The molecule has 24 heavy (non-hydrogen) atoms. The fourth-order valence-corrected chi connectivity index (χ4v) is 3.36. The minimum absolute atomic E-state index is 0.166. The normalized spacial score (nSPS) is 19.7. The molecule has 2 N–H and O–H groups in total. The average molecular weight is 368 g/mol. The number of piperidine rings is 1. The van der Waals surface area contributed by atoms with Crippen molar-refractivity contribution < 1.29 is 14.4 Å². The highest BCUT2D eigenvalue weighted by Gasteiger charge is 2.48. The summed E-state index contributed by atoms with van der Waals surface area (Å²) in [4.78, 5) is 37.1. The van der Waals surface area contributed by atoms with E-state index in [-0.39, 0.29) is 11.8 Å². The molecule has 0 saturated carbocycles. The Morgan fingerprint density at radius 3 is 2.50 bits per heavy atom. The van der Waals surface area contributed by atoms with Gasteiger partial charge in [-0.3, -0.25) is 14.9 Å². The lowest BCUT2D eigenvalue weighted by Crippen LogP contribution is -2.55. The van der Waals surface area contributed by atoms with Gasteiger partial charge in [0, 0.05) is 29.2 Å². The molecule has 6 nitrogen and oxygen atoms in total. The molecule has 1 aromatic rings. The number of halogens is 2. The molecule has 0 unspecified atom stereocenters. The Balaban J connectivity index is 1.62. The fraction of sp³-hybridized carbons (Fsp3) is 0.312. The SMILES string of the molecule is O=C1NC(=O)C2(CCN(C(=O)/C=C/c3ccc(Cl)cc3Cl)CC2)N1. The highest BCUT2D eigenvalue weighted by atomic mass is 35.5. The first kappa shape index (κ1) is 16.8. The van der Waals surface area contributed by atoms with Crippen LogP contribution in [-0.2, 0) is 9.59 Å². The smallest absolute Gasteiger partial charge is 0.322 e. The van der Waals surface area contributed by atoms with Crippen molar-refractivity contribution in [1.82, 2.24) is 15.5 Å². The topological polar surface area (TPSA) is 78.5 Å². The van der Waals surface area contributed by atoms with E-state index in [9.17, 15) is 14.4 Å². The zero-order valence-corrected chi connectivity index (χ0v) is 14.2. The third kappa shape index (κ3) is 3.25. The van der Waals surface area contributed by atoms with Crippen LogP contribution >= 0.6 is 23.2 Å². The van der Waals surface area contributed by atoms with Crippen LogP contribution in [0.15, 0.2) is 24.3 Å². The zero-order valence-electron chi connectivity index (χ0n) is 12.6. The molecule has 2 fully saturated rings. The Hall–Kier alpha value is -2.05. The number of likely N-dealkylation sites (tertiary alicyclic amines) is 1. The van der Waals surface area contributed by atoms with Crippen molar-refractivity contribution in [2.45, 2.75) is 18.4 Å². The monoisotopic (exact) mass is 367 g/mol. The first-order valence-corrected chi connectivity index (χ1v) is 8.21. The third-order valence-electron chi connectivity index (χ3n) is 4.31. The van der Waals surface area contributed by atoms with Gasteiger partial charge >= 0.3 is 6.03 Å². The second-order valence-corrected chi connectivity index (χ2v) is 6.66. The van der Waals surface area contributed by atoms with Crippen LogP contribution in [0.1, 0.15) is 18.4 Å². The Bertz CT molecular complexity index is 740. The Morgan fingerprint density at radius 2 is 1.92 bits per heavy atom. The molecule has 126 valence electrons. The number of hydrogen-bond donors (Lipinski definition) is 2. The molecular formula is C16H15Cl2N3O3. The van der Waals surface area contributed by atoms with Gasteiger partial charge in [-0.2, -0.15) is 0 Å². The van der Waals surface area contributed by atoms with Gasteiger partial charge in [-0.15, -0.1) is 0 Å². The van der Waals surface area contributed by atoms with Gasteiger partial charge in [0.15, 0.2) is 0 Å². The van der Waals surface area contributed by atoms with Gasteiger partial charge in [0.1, 0.15) is 5.54 Å². The second kappa shape index (κ2) is 6.45. The number of imide groups is 1. The molecular weight excluding hydrogens is 353 g/mol. The van der Waals surface area contributed by atoms with Crippen LogP contribution in [0, 0.1) is 0 Å². The Morgan fingerprint density at radius 1 is 1.21 bits per heavy atom. The van der Waals surface area contributed by atoms with Crippen molar-refractivity contribution in [3.8, 4) is 0 Å². The molecule has 4 amide bonds. The molecule has 1 spiro atoms. The third-order valence-corrected chi connectivity index (χ3v) is 4.87. The molecule has 8 heteroatoms. The zero-order chi connectivity index (χ0) is 17.3. The van der Waals surface area contributed by atoms with Gasteiger partial charge in [0.2, 0.25) is 5.91 Å². The largest absolute Gasteiger partial charge is 0.339 e. The van der Waals surface area contributed by atoms with Crippen LogP contribution < -0.4 is 10.6 Å². The number of nitrogens with one attached hydrogen (secondary N) is 2. The number of benzene rings is 1. The van der Waals surface area contributed by atoms with Gasteiger partial charge in [-0.1, -0.05) is 29.3 Å². The number of carbonyl (C=O) groups excluding carboxylic acids is 3. The first-order chi connectivity index (χ1) is 11.4. The summed E-state index contributed by atoms with van der Waals surface area (Å²) in [7, 11) is 0. The van der Waals surface area contributed by atoms with Crippen LogP contribution in [0.5, 0.6) is 0 Å². The molecule has 0 aromatic heterocycles. The van der Waals surface area contributed by atoms with E-state index in [4.69, 9.17) is 23.2 Å². The summed E-state index contributed by atoms with van der Waals surface area (Å²) in [6, 6.07) is 4.57. The quantitative estimate of drug-likeness (QED) is 0.621. The van der Waals surface area contributed by atoms with Crippen molar-refractivity contribution in [1.29, 1.82) is 0 Å². The molecule has 3 rings (SSSR count). The van der Waals surface area contributed by atoms with Crippen LogP contribution in [0.4, 0.5) is 4.79 Å². The van der Waals surface area contributed by atoms with E-state index in [1.807, 2.05) is 0 Å². The molecule has 0 bridgehead atoms. The van der Waals surface area contributed by atoms with Crippen LogP contribution in [0.2, 0.25) is 10.0 Å². The molecule has 2 aliphatic rings. The fourth-order valence-electron chi connectivity index (χ4n) is 2.89. The number of hydrogen-bond acceptors (Lipinski definition) is 3. The highest BCUT2D eigenvalue weighted by Crippen LogP contribution is 2.26. The summed E-state index contributed by atoms with van der Waals surface area (Å²) >= 11 is 11.9. The van der Waals surface area contributed by atoms with Crippen LogP contribution in [0.25, 0.3) is 6.08 Å². The number of urea groups is 1. The van der Waals surface area contributed by atoms with E-state index in [1.165, 1.54) is 6.08 Å². The average Bonchev–Trinajstić information content (AvgIpc) is 2.80. The van der Waals surface area contributed by atoms with E-state index in [1.54, 1.807) is 29.2 Å². The van der Waals surface area contributed by atoms with Crippen LogP contribution in [-0.4, -0.2) is 41.4 Å². The summed E-state index contributed by atoms with van der Waals surface area (Å²) in [5.41, 5.74) is -0.179. The number of amides is 4. The van der Waals surface area contributed by atoms with E-state index in [0.29, 0.717) is 41.5 Å². The maximum atomic E-state index is 12.3. The molecule has 0 atom stereocenters. The lowest BCUT2D eigenvalue weighted by atomic mass is 9.87. The van der Waals surface area contributed by atoms with E-state index >= 15 is 0 Å². The summed E-state index contributed by atoms with van der Waals surface area (Å²) in [6.45, 7) is 0.788. The lowest BCUT2D eigenvalue weighted by Gasteiger charge is -2.36. The van der Waals surface area contributed by atoms with Crippen molar-refractivity contribution in [2.75, 3.05) is 13.1 Å². The van der Waals surface area contributed by atoms with Crippen molar-refractivity contribution in [2.24, 2.45) is 0 Å². The molecule has 1 aromatic carbocycles. The number of rotatable bonds is 2. The van der Waals surface area contributed by atoms with Crippen molar-refractivity contribution >= 4 is 47.1 Å².